The molecule has 0 aromatic heterocycles. The zero-order valence-electron chi connectivity index (χ0n) is 9.90. The van der Waals surface area contributed by atoms with Crippen LogP contribution in [0.4, 0.5) is 0 Å². The van der Waals surface area contributed by atoms with Gasteiger partial charge in [-0.3, -0.25) is 0 Å². The van der Waals surface area contributed by atoms with E-state index in [1.807, 2.05) is 0 Å². The van der Waals surface area contributed by atoms with Crippen LogP contribution < -0.4 is 14.2 Å². The molecule has 6 heteroatoms. The fourth-order valence-electron chi connectivity index (χ4n) is 1.20. The standard InChI is InChI=1S/C11H13O4.ClH.Pd/c1-7(12)8-5-9(13-2)11(15-4)10(6-8)14-3;;/h5H,1-4H3;1H;/q-1;;+2/p-1. The minimum atomic E-state index is -0.103. The number of hydrogen-bond donors (Lipinski definition) is 0. The summed E-state index contributed by atoms with van der Waals surface area (Å²) >= 11 is 2.22. The summed E-state index contributed by atoms with van der Waals surface area (Å²) in [6.45, 7) is 1.46. The third-order valence-electron chi connectivity index (χ3n) is 1.96. The number of carbonyl (C=O) groups is 1. The molecule has 0 aliphatic rings. The van der Waals surface area contributed by atoms with Crippen LogP contribution >= 0.6 is 9.53 Å². The molecule has 1 aromatic carbocycles. The first kappa shape index (κ1) is 16.2. The molecule has 0 saturated carbocycles. The van der Waals surface area contributed by atoms with E-state index in [1.54, 1.807) is 6.07 Å². The fourth-order valence-corrected chi connectivity index (χ4v) is 1.20. The van der Waals surface area contributed by atoms with Gasteiger partial charge >= 0.3 is 27.7 Å². The molecule has 1 aromatic rings. The Morgan fingerprint density at radius 2 is 1.82 bits per heavy atom. The van der Waals surface area contributed by atoms with Gasteiger partial charge in [0.05, 0.1) is 38.6 Å². The van der Waals surface area contributed by atoms with Gasteiger partial charge in [0, 0.05) is 0 Å². The third kappa shape index (κ3) is 4.19. The number of hydrogen-bond acceptors (Lipinski definition) is 4. The average molecular weight is 351 g/mol. The van der Waals surface area contributed by atoms with E-state index < -0.39 is 0 Å². The Labute approximate surface area is 116 Å². The molecule has 0 N–H and O–H groups in total. The number of Topliss-reactive ketones (excluding diaryl/α,β-unsaturated/α-hetero) is 1. The maximum absolute atomic E-state index is 11.2. The predicted molar refractivity (Wildman–Crippen MR) is 60.8 cm³/mol. The molecule has 0 heterocycles. The second-order valence-electron chi connectivity index (χ2n) is 2.87. The van der Waals surface area contributed by atoms with Crippen LogP contribution in [0.2, 0.25) is 0 Å². The molecule has 0 fully saturated rings. The van der Waals surface area contributed by atoms with Gasteiger partial charge in [-0.1, -0.05) is 12.1 Å². The van der Waals surface area contributed by atoms with Gasteiger partial charge in [0.25, 0.3) is 0 Å². The first-order chi connectivity index (χ1) is 8.13. The van der Waals surface area contributed by atoms with Gasteiger partial charge in [-0.15, -0.1) is 5.56 Å². The Kier molecular flexibility index (Phi) is 7.98. The Morgan fingerprint density at radius 3 is 2.18 bits per heavy atom. The van der Waals surface area contributed by atoms with E-state index in [1.165, 1.54) is 28.3 Å². The van der Waals surface area contributed by atoms with Crippen LogP contribution in [0.3, 0.4) is 0 Å². The maximum atomic E-state index is 11.2. The number of carbonyl (C=O) groups excluding carboxylic acids is 1. The second-order valence-corrected chi connectivity index (χ2v) is 2.87. The molecule has 98 valence electrons. The van der Waals surface area contributed by atoms with E-state index in [0.29, 0.717) is 22.8 Å². The van der Waals surface area contributed by atoms with Gasteiger partial charge in [-0.2, -0.15) is 0 Å². The molecule has 0 amide bonds. The van der Waals surface area contributed by atoms with Crippen molar-refractivity contribution < 1.29 is 37.2 Å². The summed E-state index contributed by atoms with van der Waals surface area (Å²) in [5, 5.41) is 0. The minimum absolute atomic E-state index is 0.103. The second kappa shape index (κ2) is 8.35. The third-order valence-corrected chi connectivity index (χ3v) is 1.96. The number of benzene rings is 1. The van der Waals surface area contributed by atoms with Crippen LogP contribution in [0.15, 0.2) is 6.07 Å². The number of ether oxygens (including phenoxy) is 3. The van der Waals surface area contributed by atoms with Crippen molar-refractivity contribution in [3.05, 3.63) is 17.7 Å². The molecule has 1 rings (SSSR count). The zero-order valence-corrected chi connectivity index (χ0v) is 12.2. The molecule has 0 aliphatic heterocycles. The van der Waals surface area contributed by atoms with Gasteiger partial charge in [0.15, 0.2) is 0 Å². The Bertz CT molecular complexity index is 357. The van der Waals surface area contributed by atoms with Gasteiger partial charge in [-0.25, -0.2) is 0 Å². The van der Waals surface area contributed by atoms with E-state index in [2.05, 4.69) is 33.8 Å². The van der Waals surface area contributed by atoms with Gasteiger partial charge in [0.2, 0.25) is 0 Å². The van der Waals surface area contributed by atoms with Crippen molar-refractivity contribution in [1.82, 2.24) is 0 Å². The first-order valence-corrected chi connectivity index (χ1v) is 6.49. The monoisotopic (exact) mass is 350 g/mol. The Hall–Kier alpha value is -0.758. The van der Waals surface area contributed by atoms with Crippen molar-refractivity contribution in [3.63, 3.8) is 0 Å². The first-order valence-electron chi connectivity index (χ1n) is 4.49. The molecule has 4 nitrogen and oxygen atoms in total. The summed E-state index contributed by atoms with van der Waals surface area (Å²) in [6.07, 6.45) is 0. The topological polar surface area (TPSA) is 44.8 Å². The summed E-state index contributed by atoms with van der Waals surface area (Å²) in [5.41, 5.74) is 0.407. The summed E-state index contributed by atoms with van der Waals surface area (Å²) in [6, 6.07) is 4.38. The summed E-state index contributed by atoms with van der Waals surface area (Å²) in [7, 11) is 8.98. The Morgan fingerprint density at radius 1 is 1.24 bits per heavy atom. The van der Waals surface area contributed by atoms with Crippen molar-refractivity contribution in [2.45, 2.75) is 6.92 Å². The van der Waals surface area contributed by atoms with Gasteiger partial charge < -0.3 is 19.0 Å². The van der Waals surface area contributed by atoms with Crippen molar-refractivity contribution in [1.29, 1.82) is 0 Å². The molecule has 0 spiro atoms. The predicted octanol–water partition coefficient (Wildman–Crippen LogP) is 2.40. The number of halogens is 1. The molecule has 0 atom stereocenters. The number of methoxy groups -OCH3 is 3. The van der Waals surface area contributed by atoms with Gasteiger partial charge in [0.1, 0.15) is 5.75 Å². The van der Waals surface area contributed by atoms with E-state index >= 15 is 0 Å². The van der Waals surface area contributed by atoms with Crippen LogP contribution in [0.25, 0.3) is 0 Å². The van der Waals surface area contributed by atoms with E-state index in [-0.39, 0.29) is 5.78 Å². The summed E-state index contributed by atoms with van der Waals surface area (Å²) in [4.78, 5) is 11.2. The van der Waals surface area contributed by atoms with Crippen molar-refractivity contribution in [2.75, 3.05) is 21.3 Å². The molecule has 0 bridgehead atoms. The average Bonchev–Trinajstić information content (AvgIpc) is 2.38. The molecule has 0 aliphatic carbocycles. The SMILES string of the molecule is COc1[c-]c(C(C)=O)cc(OC)c1OC.[Cl][Pd+]. The Balaban J connectivity index is 0.00000121. The number of ketones is 1. The fraction of sp³-hybridized carbons (Fsp3) is 0.364. The van der Waals surface area contributed by atoms with E-state index in [0.717, 1.165) is 0 Å². The van der Waals surface area contributed by atoms with Crippen molar-refractivity contribution in [3.8, 4) is 17.2 Å². The van der Waals surface area contributed by atoms with Crippen molar-refractivity contribution >= 4 is 15.3 Å². The summed E-state index contributed by atoms with van der Waals surface area (Å²) in [5.74, 6) is 1.15. The quantitative estimate of drug-likeness (QED) is 0.475. The molecule has 17 heavy (non-hydrogen) atoms. The molecular weight excluding hydrogens is 338 g/mol. The summed E-state index contributed by atoms with van der Waals surface area (Å²) < 4.78 is 15.2. The van der Waals surface area contributed by atoms with Crippen LogP contribution in [0, 0.1) is 6.07 Å². The van der Waals surface area contributed by atoms with Gasteiger partial charge in [-0.05, 0) is 6.92 Å². The zero-order chi connectivity index (χ0) is 13.4. The van der Waals surface area contributed by atoms with Crippen LogP contribution in [0.1, 0.15) is 17.3 Å². The van der Waals surface area contributed by atoms with Crippen LogP contribution in [-0.4, -0.2) is 27.1 Å². The number of rotatable bonds is 4. The molecule has 0 saturated heterocycles. The normalized spacial score (nSPS) is 8.88. The van der Waals surface area contributed by atoms with E-state index in [4.69, 9.17) is 14.2 Å². The molecule has 0 radical (unpaired) electrons. The molecule has 0 unspecified atom stereocenters. The van der Waals surface area contributed by atoms with Crippen LogP contribution in [-0.2, 0) is 18.2 Å². The van der Waals surface area contributed by atoms with E-state index in [9.17, 15) is 4.79 Å². The van der Waals surface area contributed by atoms with Crippen LogP contribution in [0.5, 0.6) is 17.2 Å². The molecular formula is C11H13ClO4Pd. The van der Waals surface area contributed by atoms with Crippen molar-refractivity contribution in [2.24, 2.45) is 0 Å².